The van der Waals surface area contributed by atoms with Crippen LogP contribution in [0.1, 0.15) is 49.7 Å². The van der Waals surface area contributed by atoms with Crippen molar-refractivity contribution in [2.45, 2.75) is 64.5 Å². The van der Waals surface area contributed by atoms with Crippen molar-refractivity contribution in [3.8, 4) is 0 Å². The van der Waals surface area contributed by atoms with E-state index >= 15 is 0 Å². The van der Waals surface area contributed by atoms with Gasteiger partial charge < -0.3 is 19.9 Å². The van der Waals surface area contributed by atoms with Crippen LogP contribution < -0.4 is 10.2 Å². The number of carbonyl (C=O) groups excluding carboxylic acids is 1. The smallest absolute Gasteiger partial charge is 0.322 e. The second kappa shape index (κ2) is 8.30. The molecule has 0 aromatic heterocycles. The van der Waals surface area contributed by atoms with Crippen molar-refractivity contribution in [2.24, 2.45) is 0 Å². The number of rotatable bonds is 5. The van der Waals surface area contributed by atoms with Crippen LogP contribution in [0.3, 0.4) is 0 Å². The van der Waals surface area contributed by atoms with E-state index in [2.05, 4.69) is 36.2 Å². The lowest BCUT2D eigenvalue weighted by Gasteiger charge is -2.31. The van der Waals surface area contributed by atoms with E-state index in [1.165, 1.54) is 12.8 Å². The quantitative estimate of drug-likeness (QED) is 0.851. The second-order valence-corrected chi connectivity index (χ2v) is 8.00. The number of urea groups is 1. The number of hydrogen-bond donors (Lipinski definition) is 1. The molecule has 3 rings (SSSR count). The van der Waals surface area contributed by atoms with Crippen LogP contribution in [0.15, 0.2) is 12.1 Å². The van der Waals surface area contributed by atoms with Gasteiger partial charge in [-0.05, 0) is 62.8 Å². The minimum Gasteiger partial charge on any atom is -0.378 e. The third-order valence-corrected chi connectivity index (χ3v) is 5.72. The molecule has 2 aliphatic rings. The van der Waals surface area contributed by atoms with Gasteiger partial charge in [-0.3, -0.25) is 0 Å². The van der Waals surface area contributed by atoms with Gasteiger partial charge in [-0.25, -0.2) is 4.79 Å². The van der Waals surface area contributed by atoms with Crippen molar-refractivity contribution in [1.82, 2.24) is 4.90 Å². The van der Waals surface area contributed by atoms with Crippen LogP contribution in [0, 0.1) is 13.8 Å². The number of ether oxygens (including phenoxy) is 1. The zero-order valence-corrected chi connectivity index (χ0v) is 16.7. The molecule has 1 N–H and O–H groups in total. The summed E-state index contributed by atoms with van der Waals surface area (Å²) < 4.78 is 5.81. The number of amides is 2. The van der Waals surface area contributed by atoms with Crippen LogP contribution in [0.2, 0.25) is 0 Å². The van der Waals surface area contributed by atoms with Gasteiger partial charge in [0.2, 0.25) is 0 Å². The van der Waals surface area contributed by atoms with Crippen molar-refractivity contribution in [3.05, 3.63) is 23.3 Å². The summed E-state index contributed by atoms with van der Waals surface area (Å²) in [6.07, 6.45) is 7.02. The number of nitrogens with zero attached hydrogens (tertiary/aromatic N) is 2. The Morgan fingerprint density at radius 3 is 2.31 bits per heavy atom. The summed E-state index contributed by atoms with van der Waals surface area (Å²) in [7, 11) is 4.08. The van der Waals surface area contributed by atoms with Gasteiger partial charge in [0.25, 0.3) is 0 Å². The highest BCUT2D eigenvalue weighted by molar-refractivity contribution is 5.91. The maximum absolute atomic E-state index is 13.2. The standard InChI is InChI=1S/C21H33N3O2/c1-15-12-18(23(3)4)13-16(2)20(15)22-21(25)24(17-8-5-6-9-17)14-19-10-7-11-26-19/h12-13,17,19H,5-11,14H2,1-4H3,(H,22,25). The third kappa shape index (κ3) is 4.32. The summed E-state index contributed by atoms with van der Waals surface area (Å²) >= 11 is 0. The molecular formula is C21H33N3O2. The maximum atomic E-state index is 13.2. The van der Waals surface area contributed by atoms with Crippen LogP contribution >= 0.6 is 0 Å². The summed E-state index contributed by atoms with van der Waals surface area (Å²) in [6, 6.07) is 4.63. The molecule has 2 amide bonds. The summed E-state index contributed by atoms with van der Waals surface area (Å²) in [4.78, 5) is 17.3. The number of nitrogens with one attached hydrogen (secondary N) is 1. The molecule has 1 saturated carbocycles. The van der Waals surface area contributed by atoms with Gasteiger partial charge in [0, 0.05) is 44.7 Å². The Hall–Kier alpha value is -1.75. The van der Waals surface area contributed by atoms with Crippen LogP contribution in [-0.4, -0.2) is 50.3 Å². The highest BCUT2D eigenvalue weighted by atomic mass is 16.5. The molecule has 1 atom stereocenters. The fourth-order valence-electron chi connectivity index (χ4n) is 4.20. The van der Waals surface area contributed by atoms with Crippen LogP contribution in [0.25, 0.3) is 0 Å². The lowest BCUT2D eigenvalue weighted by molar-refractivity contribution is 0.0729. The van der Waals surface area contributed by atoms with Crippen molar-refractivity contribution in [3.63, 3.8) is 0 Å². The van der Waals surface area contributed by atoms with Gasteiger partial charge in [-0.2, -0.15) is 0 Å². The second-order valence-electron chi connectivity index (χ2n) is 8.00. The van der Waals surface area contributed by atoms with Crippen molar-refractivity contribution < 1.29 is 9.53 Å². The Morgan fingerprint density at radius 1 is 1.12 bits per heavy atom. The molecule has 0 spiro atoms. The molecule has 1 aromatic carbocycles. The average molecular weight is 360 g/mol. The Bertz CT molecular complexity index is 609. The first-order valence-electron chi connectivity index (χ1n) is 9.93. The first kappa shape index (κ1) is 19.0. The Kier molecular flexibility index (Phi) is 6.07. The van der Waals surface area contributed by atoms with Gasteiger partial charge in [0.05, 0.1) is 6.10 Å². The molecule has 2 fully saturated rings. The summed E-state index contributed by atoms with van der Waals surface area (Å²) in [5, 5.41) is 3.21. The number of benzene rings is 1. The van der Waals surface area contributed by atoms with E-state index in [-0.39, 0.29) is 12.1 Å². The van der Waals surface area contributed by atoms with E-state index in [1.807, 2.05) is 19.0 Å². The molecule has 0 radical (unpaired) electrons. The van der Waals surface area contributed by atoms with E-state index < -0.39 is 0 Å². The Labute approximate surface area is 157 Å². The van der Waals surface area contributed by atoms with Gasteiger partial charge >= 0.3 is 6.03 Å². The van der Waals surface area contributed by atoms with Gasteiger partial charge in [-0.1, -0.05) is 12.8 Å². The number of aryl methyl sites for hydroxylation is 2. The van der Waals surface area contributed by atoms with Crippen molar-refractivity contribution in [1.29, 1.82) is 0 Å². The lowest BCUT2D eigenvalue weighted by atomic mass is 10.1. The predicted octanol–water partition coefficient (Wildman–Crippen LogP) is 4.32. The number of carbonyl (C=O) groups is 1. The van der Waals surface area contributed by atoms with Crippen molar-refractivity contribution >= 4 is 17.4 Å². The van der Waals surface area contributed by atoms with Crippen molar-refractivity contribution in [2.75, 3.05) is 37.5 Å². The molecule has 0 bridgehead atoms. The molecule has 1 saturated heterocycles. The van der Waals surface area contributed by atoms with Crippen LogP contribution in [0.5, 0.6) is 0 Å². The fourth-order valence-corrected chi connectivity index (χ4v) is 4.20. The lowest BCUT2D eigenvalue weighted by Crippen LogP contribution is -2.45. The van der Waals surface area contributed by atoms with Gasteiger partial charge in [-0.15, -0.1) is 0 Å². The topological polar surface area (TPSA) is 44.8 Å². The first-order chi connectivity index (χ1) is 12.5. The molecule has 1 aromatic rings. The molecule has 1 aliphatic carbocycles. The number of hydrogen-bond acceptors (Lipinski definition) is 3. The minimum atomic E-state index is 0.0243. The minimum absolute atomic E-state index is 0.0243. The Balaban J connectivity index is 1.76. The average Bonchev–Trinajstić information content (AvgIpc) is 3.28. The highest BCUT2D eigenvalue weighted by Crippen LogP contribution is 2.29. The predicted molar refractivity (Wildman–Crippen MR) is 107 cm³/mol. The zero-order chi connectivity index (χ0) is 18.7. The third-order valence-electron chi connectivity index (χ3n) is 5.72. The normalized spacial score (nSPS) is 20.4. The molecule has 144 valence electrons. The zero-order valence-electron chi connectivity index (χ0n) is 16.7. The van der Waals surface area contributed by atoms with Gasteiger partial charge in [0.15, 0.2) is 0 Å². The summed E-state index contributed by atoms with van der Waals surface area (Å²) in [6.45, 7) is 5.67. The molecule has 5 nitrogen and oxygen atoms in total. The molecular weight excluding hydrogens is 326 g/mol. The molecule has 1 aliphatic heterocycles. The molecule has 26 heavy (non-hydrogen) atoms. The summed E-state index contributed by atoms with van der Waals surface area (Å²) in [5.41, 5.74) is 4.30. The molecule has 5 heteroatoms. The van der Waals surface area contributed by atoms with E-state index in [0.29, 0.717) is 12.6 Å². The molecule has 1 heterocycles. The van der Waals surface area contributed by atoms with E-state index in [1.54, 1.807) is 0 Å². The SMILES string of the molecule is Cc1cc(N(C)C)cc(C)c1NC(=O)N(CC1CCCO1)C1CCCC1. The fraction of sp³-hybridized carbons (Fsp3) is 0.667. The van der Waals surface area contributed by atoms with Crippen LogP contribution in [-0.2, 0) is 4.74 Å². The van der Waals surface area contributed by atoms with Gasteiger partial charge in [0.1, 0.15) is 0 Å². The monoisotopic (exact) mass is 359 g/mol. The summed E-state index contributed by atoms with van der Waals surface area (Å²) in [5.74, 6) is 0. The maximum Gasteiger partial charge on any atom is 0.322 e. The van der Waals surface area contributed by atoms with E-state index in [0.717, 1.165) is 54.8 Å². The highest BCUT2D eigenvalue weighted by Gasteiger charge is 2.30. The van der Waals surface area contributed by atoms with Crippen LogP contribution in [0.4, 0.5) is 16.2 Å². The Morgan fingerprint density at radius 2 is 1.77 bits per heavy atom. The largest absolute Gasteiger partial charge is 0.378 e. The van der Waals surface area contributed by atoms with E-state index in [4.69, 9.17) is 4.74 Å². The van der Waals surface area contributed by atoms with E-state index in [9.17, 15) is 4.79 Å². The first-order valence-corrected chi connectivity index (χ1v) is 9.93. The molecule has 1 unspecified atom stereocenters. The number of anilines is 2.